The molecule has 22 heavy (non-hydrogen) atoms. The summed E-state index contributed by atoms with van der Waals surface area (Å²) in [6, 6.07) is 11.3. The number of benzene rings is 2. The van der Waals surface area contributed by atoms with Crippen molar-refractivity contribution in [2.75, 3.05) is 16.8 Å². The second-order valence-corrected chi connectivity index (χ2v) is 4.81. The van der Waals surface area contributed by atoms with E-state index in [0.29, 0.717) is 5.70 Å². The fourth-order valence-corrected chi connectivity index (χ4v) is 2.23. The van der Waals surface area contributed by atoms with Gasteiger partial charge in [0.2, 0.25) is 5.82 Å². The molecule has 0 radical (unpaired) electrons. The Bertz CT molecular complexity index is 760. The van der Waals surface area contributed by atoms with Crippen LogP contribution in [-0.4, -0.2) is 17.6 Å². The van der Waals surface area contributed by atoms with E-state index in [-0.39, 0.29) is 18.1 Å². The number of hydrogen-bond donors (Lipinski definition) is 2. The Morgan fingerprint density at radius 1 is 1.05 bits per heavy atom. The molecular weight excluding hydrogens is 290 g/mol. The molecule has 3 rings (SSSR count). The van der Waals surface area contributed by atoms with E-state index in [2.05, 4.69) is 5.32 Å². The maximum absolute atomic E-state index is 13.7. The Morgan fingerprint density at radius 2 is 1.77 bits per heavy atom. The summed E-state index contributed by atoms with van der Waals surface area (Å²) in [5.74, 6) is -3.51. The topological polar surface area (TPSA) is 52.6 Å². The van der Waals surface area contributed by atoms with Gasteiger partial charge in [-0.3, -0.25) is 4.79 Å². The molecule has 112 valence electrons. The molecule has 0 fully saturated rings. The highest BCUT2D eigenvalue weighted by Gasteiger charge is 2.24. The highest BCUT2D eigenvalue weighted by Crippen LogP contribution is 2.27. The zero-order valence-corrected chi connectivity index (χ0v) is 11.4. The van der Waals surface area contributed by atoms with Crippen LogP contribution in [0.25, 0.3) is 0 Å². The number of phenolic OH excluding ortho intramolecular Hbond substituents is 1. The summed E-state index contributed by atoms with van der Waals surface area (Å²) in [7, 11) is 0. The first-order chi connectivity index (χ1) is 10.6. The number of carbonyl (C=O) groups excluding carboxylic acids is 1. The fourth-order valence-electron chi connectivity index (χ4n) is 2.23. The Kier molecular flexibility index (Phi) is 3.50. The molecule has 0 saturated heterocycles. The van der Waals surface area contributed by atoms with Crippen LogP contribution in [0.15, 0.2) is 54.2 Å². The summed E-state index contributed by atoms with van der Waals surface area (Å²) in [4.78, 5) is 13.5. The number of carbonyl (C=O) groups is 1. The third-order valence-electron chi connectivity index (χ3n) is 3.32. The Balaban J connectivity index is 1.80. The molecule has 4 nitrogen and oxygen atoms in total. The van der Waals surface area contributed by atoms with Gasteiger partial charge in [0, 0.05) is 17.5 Å². The average Bonchev–Trinajstić information content (AvgIpc) is 2.89. The van der Waals surface area contributed by atoms with E-state index in [1.54, 1.807) is 12.1 Å². The van der Waals surface area contributed by atoms with E-state index >= 15 is 0 Å². The molecule has 2 aromatic carbocycles. The van der Waals surface area contributed by atoms with Crippen LogP contribution in [0.2, 0.25) is 0 Å². The lowest BCUT2D eigenvalue weighted by Crippen LogP contribution is -2.25. The van der Waals surface area contributed by atoms with Crippen molar-refractivity contribution < 1.29 is 18.7 Å². The summed E-state index contributed by atoms with van der Waals surface area (Å²) in [5, 5.41) is 11.8. The van der Waals surface area contributed by atoms with Crippen LogP contribution in [-0.2, 0) is 4.79 Å². The minimum absolute atomic E-state index is 0.135. The normalized spacial score (nSPS) is 14.2. The molecule has 1 heterocycles. The number of para-hydroxylation sites is 1. The van der Waals surface area contributed by atoms with Crippen LogP contribution in [0.1, 0.15) is 0 Å². The second kappa shape index (κ2) is 5.48. The fraction of sp³-hybridized carbons (Fsp3) is 0.0625. The lowest BCUT2D eigenvalue weighted by molar-refractivity contribution is -0.113. The van der Waals surface area contributed by atoms with Gasteiger partial charge in [-0.05, 0) is 24.3 Å². The summed E-state index contributed by atoms with van der Waals surface area (Å²) in [5.41, 5.74) is 1.03. The van der Waals surface area contributed by atoms with Crippen molar-refractivity contribution in [3.05, 3.63) is 65.9 Å². The molecular formula is C16H12F2N2O2. The van der Waals surface area contributed by atoms with Gasteiger partial charge in [0.25, 0.3) is 5.91 Å². The highest BCUT2D eigenvalue weighted by atomic mass is 19.2. The summed E-state index contributed by atoms with van der Waals surface area (Å²) >= 11 is 0. The Labute approximate surface area is 125 Å². The number of rotatable bonds is 3. The van der Waals surface area contributed by atoms with Crippen LogP contribution in [0.5, 0.6) is 5.75 Å². The number of halogens is 2. The van der Waals surface area contributed by atoms with Crippen LogP contribution < -0.4 is 10.2 Å². The molecule has 6 heteroatoms. The first-order valence-electron chi connectivity index (χ1n) is 6.57. The van der Waals surface area contributed by atoms with Crippen molar-refractivity contribution in [1.82, 2.24) is 0 Å². The van der Waals surface area contributed by atoms with Crippen LogP contribution in [0.3, 0.4) is 0 Å². The van der Waals surface area contributed by atoms with Crippen molar-refractivity contribution >= 4 is 17.3 Å². The summed E-state index contributed by atoms with van der Waals surface area (Å²) < 4.78 is 27.0. The first-order valence-corrected chi connectivity index (χ1v) is 6.57. The molecule has 0 spiro atoms. The zero-order chi connectivity index (χ0) is 15.7. The van der Waals surface area contributed by atoms with E-state index in [0.717, 1.165) is 11.8 Å². The predicted octanol–water partition coefficient (Wildman–Crippen LogP) is 3.01. The van der Waals surface area contributed by atoms with E-state index in [1.807, 2.05) is 18.2 Å². The number of anilines is 2. The number of phenols is 1. The van der Waals surface area contributed by atoms with Gasteiger partial charge in [0.05, 0.1) is 12.2 Å². The van der Waals surface area contributed by atoms with Gasteiger partial charge in [-0.2, -0.15) is 4.39 Å². The smallest absolute Gasteiger partial charge is 0.253 e. The highest BCUT2D eigenvalue weighted by molar-refractivity contribution is 6.05. The number of nitrogens with zero attached hydrogens (tertiary/aromatic N) is 1. The van der Waals surface area contributed by atoms with Crippen LogP contribution >= 0.6 is 0 Å². The summed E-state index contributed by atoms with van der Waals surface area (Å²) in [6.07, 6.45) is 1.33. The molecule has 1 amide bonds. The molecule has 0 saturated carbocycles. The Hall–Kier alpha value is -2.89. The molecule has 2 N–H and O–H groups in total. The third kappa shape index (κ3) is 2.50. The first kappa shape index (κ1) is 14.1. The van der Waals surface area contributed by atoms with Gasteiger partial charge in [-0.1, -0.05) is 18.2 Å². The van der Waals surface area contributed by atoms with E-state index in [1.165, 1.54) is 17.0 Å². The standard InChI is InChI=1S/C16H12F2N2O2/c17-15-12(6-7-13(21)16(15)18)19-10-8-14(22)20(9-10)11-4-2-1-3-5-11/h1-8,19,21H,9H2. The molecule has 1 aliphatic heterocycles. The van der Waals surface area contributed by atoms with Crippen LogP contribution in [0, 0.1) is 11.6 Å². The monoisotopic (exact) mass is 302 g/mol. The van der Waals surface area contributed by atoms with Crippen LogP contribution in [0.4, 0.5) is 20.2 Å². The molecule has 0 aliphatic carbocycles. The predicted molar refractivity (Wildman–Crippen MR) is 78.5 cm³/mol. The van der Waals surface area contributed by atoms with E-state index < -0.39 is 17.4 Å². The minimum Gasteiger partial charge on any atom is -0.505 e. The Morgan fingerprint density at radius 3 is 2.50 bits per heavy atom. The molecule has 0 unspecified atom stereocenters. The number of hydrogen-bond acceptors (Lipinski definition) is 3. The second-order valence-electron chi connectivity index (χ2n) is 4.81. The molecule has 2 aromatic rings. The molecule has 0 bridgehead atoms. The van der Waals surface area contributed by atoms with Crippen molar-refractivity contribution in [3.8, 4) is 5.75 Å². The van der Waals surface area contributed by atoms with Gasteiger partial charge in [-0.25, -0.2) is 4.39 Å². The zero-order valence-electron chi connectivity index (χ0n) is 11.4. The molecule has 0 atom stereocenters. The lowest BCUT2D eigenvalue weighted by atomic mass is 10.2. The van der Waals surface area contributed by atoms with Crippen molar-refractivity contribution in [3.63, 3.8) is 0 Å². The van der Waals surface area contributed by atoms with Gasteiger partial charge >= 0.3 is 0 Å². The molecule has 1 aliphatic rings. The van der Waals surface area contributed by atoms with Gasteiger partial charge in [0.1, 0.15) is 0 Å². The van der Waals surface area contributed by atoms with E-state index in [9.17, 15) is 13.6 Å². The quantitative estimate of drug-likeness (QED) is 0.857. The minimum atomic E-state index is -1.32. The van der Waals surface area contributed by atoms with Crippen molar-refractivity contribution in [2.45, 2.75) is 0 Å². The maximum atomic E-state index is 13.7. The average molecular weight is 302 g/mol. The van der Waals surface area contributed by atoms with E-state index in [4.69, 9.17) is 5.11 Å². The number of amides is 1. The van der Waals surface area contributed by atoms with Gasteiger partial charge < -0.3 is 15.3 Å². The summed E-state index contributed by atoms with van der Waals surface area (Å²) in [6.45, 7) is 0.227. The largest absolute Gasteiger partial charge is 0.505 e. The van der Waals surface area contributed by atoms with Gasteiger partial charge in [-0.15, -0.1) is 0 Å². The SMILES string of the molecule is O=C1C=C(Nc2ccc(O)c(F)c2F)CN1c1ccccc1. The van der Waals surface area contributed by atoms with Gasteiger partial charge in [0.15, 0.2) is 11.6 Å². The number of nitrogens with one attached hydrogen (secondary N) is 1. The van der Waals surface area contributed by atoms with Crippen molar-refractivity contribution in [1.29, 1.82) is 0 Å². The lowest BCUT2D eigenvalue weighted by Gasteiger charge is -2.17. The number of aromatic hydroxyl groups is 1. The van der Waals surface area contributed by atoms with Crippen molar-refractivity contribution in [2.24, 2.45) is 0 Å². The maximum Gasteiger partial charge on any atom is 0.253 e. The third-order valence-corrected chi connectivity index (χ3v) is 3.32. The molecule has 0 aromatic heterocycles.